The Morgan fingerprint density at radius 2 is 2.06 bits per heavy atom. The van der Waals surface area contributed by atoms with Crippen LogP contribution in [-0.2, 0) is 0 Å². The van der Waals surface area contributed by atoms with Crippen molar-refractivity contribution in [1.82, 2.24) is 5.32 Å². The van der Waals surface area contributed by atoms with Crippen molar-refractivity contribution in [2.75, 3.05) is 11.4 Å². The maximum absolute atomic E-state index is 11.5. The molecule has 0 radical (unpaired) electrons. The zero-order valence-electron chi connectivity index (χ0n) is 8.80. The van der Waals surface area contributed by atoms with Crippen LogP contribution in [0.15, 0.2) is 24.3 Å². The second-order valence-corrected chi connectivity index (χ2v) is 3.76. The molecule has 2 amide bonds. The molecule has 1 saturated heterocycles. The van der Waals surface area contributed by atoms with Crippen LogP contribution in [0.4, 0.5) is 10.5 Å². The van der Waals surface area contributed by atoms with E-state index in [2.05, 4.69) is 5.32 Å². The fraction of sp³-hybridized carbons (Fsp3) is 0.273. The van der Waals surface area contributed by atoms with E-state index in [4.69, 9.17) is 5.11 Å². The first kappa shape index (κ1) is 10.5. The number of nitrogens with zero attached hydrogens (tertiary/aromatic N) is 1. The third kappa shape index (κ3) is 1.71. The van der Waals surface area contributed by atoms with Crippen LogP contribution < -0.4 is 10.2 Å². The number of hydrogen-bond donors (Lipinski definition) is 2. The number of urea groups is 1. The Labute approximate surface area is 92.7 Å². The van der Waals surface area contributed by atoms with Gasteiger partial charge in [0.2, 0.25) is 0 Å². The SMILES string of the molecule is CC1CNC(=O)N1c1ccc(C(=O)O)cc1. The molecule has 5 heteroatoms. The van der Waals surface area contributed by atoms with Gasteiger partial charge in [-0.15, -0.1) is 0 Å². The summed E-state index contributed by atoms with van der Waals surface area (Å²) in [4.78, 5) is 23.8. The van der Waals surface area contributed by atoms with Gasteiger partial charge in [0.15, 0.2) is 0 Å². The lowest BCUT2D eigenvalue weighted by Crippen LogP contribution is -2.32. The van der Waals surface area contributed by atoms with Crippen molar-refractivity contribution in [2.24, 2.45) is 0 Å². The Hall–Kier alpha value is -2.04. The van der Waals surface area contributed by atoms with Crippen molar-refractivity contribution >= 4 is 17.7 Å². The molecule has 5 nitrogen and oxygen atoms in total. The van der Waals surface area contributed by atoms with Gasteiger partial charge in [0.1, 0.15) is 0 Å². The van der Waals surface area contributed by atoms with E-state index in [1.807, 2.05) is 6.92 Å². The monoisotopic (exact) mass is 220 g/mol. The van der Waals surface area contributed by atoms with Gasteiger partial charge < -0.3 is 10.4 Å². The van der Waals surface area contributed by atoms with E-state index in [1.54, 1.807) is 17.0 Å². The van der Waals surface area contributed by atoms with E-state index in [-0.39, 0.29) is 17.6 Å². The predicted octanol–water partition coefficient (Wildman–Crippen LogP) is 1.30. The topological polar surface area (TPSA) is 69.6 Å². The molecule has 1 aliphatic heterocycles. The summed E-state index contributed by atoms with van der Waals surface area (Å²) in [6.45, 7) is 2.54. The van der Waals surface area contributed by atoms with Crippen molar-refractivity contribution in [3.63, 3.8) is 0 Å². The number of carbonyl (C=O) groups excluding carboxylic acids is 1. The summed E-state index contributed by atoms with van der Waals surface area (Å²) in [6, 6.07) is 6.22. The van der Waals surface area contributed by atoms with Crippen molar-refractivity contribution in [3.8, 4) is 0 Å². The Kier molecular flexibility index (Phi) is 2.52. The summed E-state index contributed by atoms with van der Waals surface area (Å²) in [7, 11) is 0. The quantitative estimate of drug-likeness (QED) is 0.789. The molecule has 1 fully saturated rings. The summed E-state index contributed by atoms with van der Waals surface area (Å²) in [5.74, 6) is -0.967. The molecule has 1 heterocycles. The van der Waals surface area contributed by atoms with Crippen LogP contribution in [0.5, 0.6) is 0 Å². The van der Waals surface area contributed by atoms with E-state index >= 15 is 0 Å². The summed E-state index contributed by atoms with van der Waals surface area (Å²) in [5.41, 5.74) is 0.934. The number of rotatable bonds is 2. The molecule has 1 aliphatic rings. The Balaban J connectivity index is 2.27. The molecule has 0 spiro atoms. The lowest BCUT2D eigenvalue weighted by molar-refractivity contribution is 0.0697. The summed E-state index contributed by atoms with van der Waals surface area (Å²) >= 11 is 0. The van der Waals surface area contributed by atoms with Gasteiger partial charge in [0.25, 0.3) is 0 Å². The maximum Gasteiger partial charge on any atom is 0.335 e. The lowest BCUT2D eigenvalue weighted by Gasteiger charge is -2.19. The Morgan fingerprint density at radius 1 is 1.44 bits per heavy atom. The third-order valence-electron chi connectivity index (χ3n) is 2.60. The van der Waals surface area contributed by atoms with Crippen LogP contribution in [-0.4, -0.2) is 29.7 Å². The van der Waals surface area contributed by atoms with Crippen molar-refractivity contribution < 1.29 is 14.7 Å². The van der Waals surface area contributed by atoms with Gasteiger partial charge in [-0.3, -0.25) is 4.90 Å². The second-order valence-electron chi connectivity index (χ2n) is 3.76. The van der Waals surface area contributed by atoms with E-state index in [0.717, 1.165) is 0 Å². The van der Waals surface area contributed by atoms with Crippen LogP contribution in [0.2, 0.25) is 0 Å². The number of carboxylic acid groups (broad SMARTS) is 1. The summed E-state index contributed by atoms with van der Waals surface area (Å²) < 4.78 is 0. The van der Waals surface area contributed by atoms with Gasteiger partial charge in [-0.2, -0.15) is 0 Å². The molecule has 0 aliphatic carbocycles. The maximum atomic E-state index is 11.5. The number of aromatic carboxylic acids is 1. The summed E-state index contributed by atoms with van der Waals surface area (Å²) in [6.07, 6.45) is 0. The molecule has 2 N–H and O–H groups in total. The fourth-order valence-electron chi connectivity index (χ4n) is 1.75. The number of nitrogens with one attached hydrogen (secondary N) is 1. The molecule has 16 heavy (non-hydrogen) atoms. The molecule has 0 aromatic heterocycles. The van der Waals surface area contributed by atoms with Crippen molar-refractivity contribution in [3.05, 3.63) is 29.8 Å². The first-order valence-corrected chi connectivity index (χ1v) is 5.00. The zero-order chi connectivity index (χ0) is 11.7. The van der Waals surface area contributed by atoms with Crippen LogP contribution in [0.1, 0.15) is 17.3 Å². The number of amides is 2. The normalized spacial score (nSPS) is 19.7. The van der Waals surface area contributed by atoms with Gasteiger partial charge in [-0.05, 0) is 31.2 Å². The van der Waals surface area contributed by atoms with Gasteiger partial charge in [-0.1, -0.05) is 0 Å². The zero-order valence-corrected chi connectivity index (χ0v) is 8.80. The minimum absolute atomic E-state index is 0.0863. The molecular formula is C11H12N2O3. The molecular weight excluding hydrogens is 208 g/mol. The summed E-state index contributed by atoms with van der Waals surface area (Å²) in [5, 5.41) is 11.5. The highest BCUT2D eigenvalue weighted by atomic mass is 16.4. The average Bonchev–Trinajstić information content (AvgIpc) is 2.59. The lowest BCUT2D eigenvalue weighted by atomic mass is 10.2. The van der Waals surface area contributed by atoms with Crippen molar-refractivity contribution in [1.29, 1.82) is 0 Å². The smallest absolute Gasteiger partial charge is 0.335 e. The number of anilines is 1. The largest absolute Gasteiger partial charge is 0.478 e. The average molecular weight is 220 g/mol. The predicted molar refractivity (Wildman–Crippen MR) is 58.7 cm³/mol. The van der Waals surface area contributed by atoms with E-state index < -0.39 is 5.97 Å². The first-order valence-electron chi connectivity index (χ1n) is 5.00. The molecule has 84 valence electrons. The third-order valence-corrected chi connectivity index (χ3v) is 2.60. The molecule has 1 unspecified atom stereocenters. The van der Waals surface area contributed by atoms with Crippen LogP contribution in [0.25, 0.3) is 0 Å². The molecule has 1 aromatic carbocycles. The Bertz CT molecular complexity index is 427. The molecule has 1 aromatic rings. The highest BCUT2D eigenvalue weighted by Crippen LogP contribution is 2.20. The van der Waals surface area contributed by atoms with Crippen LogP contribution >= 0.6 is 0 Å². The number of carboxylic acids is 1. The fourth-order valence-corrected chi connectivity index (χ4v) is 1.75. The number of carbonyl (C=O) groups is 2. The van der Waals surface area contributed by atoms with Crippen LogP contribution in [0.3, 0.4) is 0 Å². The molecule has 0 saturated carbocycles. The molecule has 0 bridgehead atoms. The number of hydrogen-bond acceptors (Lipinski definition) is 2. The number of benzene rings is 1. The minimum atomic E-state index is -0.967. The minimum Gasteiger partial charge on any atom is -0.478 e. The van der Waals surface area contributed by atoms with Crippen molar-refractivity contribution in [2.45, 2.75) is 13.0 Å². The van der Waals surface area contributed by atoms with E-state index in [1.165, 1.54) is 12.1 Å². The van der Waals surface area contributed by atoms with Gasteiger partial charge in [-0.25, -0.2) is 9.59 Å². The standard InChI is InChI=1S/C11H12N2O3/c1-7-6-12-11(16)13(7)9-4-2-8(3-5-9)10(14)15/h2-5,7H,6H2,1H3,(H,12,16)(H,14,15). The van der Waals surface area contributed by atoms with Gasteiger partial charge in [0, 0.05) is 12.2 Å². The van der Waals surface area contributed by atoms with Gasteiger partial charge >= 0.3 is 12.0 Å². The Morgan fingerprint density at radius 3 is 2.50 bits per heavy atom. The van der Waals surface area contributed by atoms with Crippen LogP contribution in [0, 0.1) is 0 Å². The van der Waals surface area contributed by atoms with Gasteiger partial charge in [0.05, 0.1) is 11.6 Å². The second kappa shape index (κ2) is 3.84. The molecule has 2 rings (SSSR count). The van der Waals surface area contributed by atoms with E-state index in [0.29, 0.717) is 12.2 Å². The first-order chi connectivity index (χ1) is 7.59. The molecule has 1 atom stereocenters. The van der Waals surface area contributed by atoms with E-state index in [9.17, 15) is 9.59 Å². The highest BCUT2D eigenvalue weighted by Gasteiger charge is 2.28. The highest BCUT2D eigenvalue weighted by molar-refractivity contribution is 5.95.